The molecule has 0 amide bonds. The third kappa shape index (κ3) is 12.4. The van der Waals surface area contributed by atoms with Crippen LogP contribution in [0.4, 0.5) is 0 Å². The van der Waals surface area contributed by atoms with Crippen molar-refractivity contribution in [1.82, 2.24) is 0 Å². The first-order valence-corrected chi connectivity index (χ1v) is 46.4. The average molecular weight is 738 g/mol. The summed E-state index contributed by atoms with van der Waals surface area (Å²) in [5.41, 5.74) is 0. The van der Waals surface area contributed by atoms with Gasteiger partial charge in [0.2, 0.25) is 0 Å². The van der Waals surface area contributed by atoms with Gasteiger partial charge in [-0.2, -0.15) is 0 Å². The lowest BCUT2D eigenvalue weighted by molar-refractivity contribution is 4.47. The minimum Gasteiger partial charge on any atom is -0.109 e. The molecule has 15 unspecified atom stereocenters. The van der Waals surface area contributed by atoms with Gasteiger partial charge in [0.1, 0.15) is 0 Å². The summed E-state index contributed by atoms with van der Waals surface area (Å²) in [7, 11) is 39.5. The molecule has 15 atom stereocenters. The molecule has 0 rings (SSSR count). The van der Waals surface area contributed by atoms with Gasteiger partial charge in [-0.3, -0.25) is 0 Å². The molecule has 0 saturated heterocycles. The molecule has 0 nitrogen and oxygen atoms in total. The van der Waals surface area contributed by atoms with E-state index in [4.69, 9.17) is 0 Å². The Morgan fingerprint density at radius 3 is 0.826 bits per heavy atom. The maximum atomic E-state index is 3.29. The van der Waals surface area contributed by atoms with Gasteiger partial charge < -0.3 is 0 Å². The zero-order chi connectivity index (χ0) is 18.5. The van der Waals surface area contributed by atoms with Crippen LogP contribution in [0.1, 0.15) is 0 Å². The predicted octanol–water partition coefficient (Wildman–Crippen LogP) is 13.1. The molecule has 0 aliphatic rings. The van der Waals surface area contributed by atoms with Gasteiger partial charge in [-0.15, -0.1) is 107 Å². The maximum Gasteiger partial charge on any atom is -0.000486 e. The van der Waals surface area contributed by atoms with E-state index in [9.17, 15) is 0 Å². The highest BCUT2D eigenvalue weighted by Gasteiger charge is 2.44. The van der Waals surface area contributed by atoms with E-state index in [1.54, 1.807) is 0 Å². The molecule has 0 aromatic rings. The van der Waals surface area contributed by atoms with E-state index in [2.05, 4.69) is 107 Å². The molecule has 0 N–H and O–H groups in total. The van der Waals surface area contributed by atoms with Crippen LogP contribution in [0.15, 0.2) is 0 Å². The lowest BCUT2D eigenvalue weighted by Gasteiger charge is -2.47. The molecule has 140 valence electrons. The molecule has 0 spiro atoms. The van der Waals surface area contributed by atoms with Gasteiger partial charge in [0.15, 0.2) is 0 Å². The van der Waals surface area contributed by atoms with Crippen LogP contribution in [0, 0.1) is 0 Å². The smallest absolute Gasteiger partial charge is 0.000486 e. The Kier molecular flexibility index (Phi) is 26.0. The Balaban J connectivity index is 6.12. The SMILES string of the molecule is PPP(P)P(P(P)P)P(P(P(P)P)P(P)P)P(P(P)P)P(P)P. The number of hydrogen-bond donors (Lipinski definition) is 0. The lowest BCUT2D eigenvalue weighted by atomic mass is 28.5. The van der Waals surface area contributed by atoms with E-state index in [0.717, 1.165) is 7.96 Å². The van der Waals surface area contributed by atoms with Gasteiger partial charge in [-0.05, 0) is 69.9 Å². The first-order chi connectivity index (χ1) is 10.5. The summed E-state index contributed by atoms with van der Waals surface area (Å²) >= 11 is 0. The molecule has 0 radical (unpaired) electrons. The fourth-order valence-electron chi connectivity index (χ4n) is 1.16. The van der Waals surface area contributed by atoms with Crippen molar-refractivity contribution in [2.45, 2.75) is 0 Å². The van der Waals surface area contributed by atoms with Crippen LogP contribution in [-0.4, -0.2) is 0 Å². The first-order valence-electron chi connectivity index (χ1n) is 5.15. The van der Waals surface area contributed by atoms with Crippen molar-refractivity contribution in [1.29, 1.82) is 0 Å². The van der Waals surface area contributed by atoms with Crippen LogP contribution in [0.5, 0.6) is 0 Å². The van der Waals surface area contributed by atoms with E-state index in [1.807, 2.05) is 0 Å². The van der Waals surface area contributed by atoms with Gasteiger partial charge in [0.25, 0.3) is 0 Å². The van der Waals surface area contributed by atoms with E-state index in [-0.39, 0.29) is 69.9 Å². The monoisotopic (exact) mass is 738 g/mol. The minimum atomic E-state index is 0.00774. The van der Waals surface area contributed by atoms with E-state index in [1.165, 1.54) is 0 Å². The highest BCUT2D eigenvalue weighted by molar-refractivity contribution is 9.39. The molecule has 0 fully saturated rings. The molecule has 23 heavy (non-hydrogen) atoms. The number of rotatable bonds is 10. The predicted molar refractivity (Wildman–Crippen MR) is 194 cm³/mol. The van der Waals surface area contributed by atoms with Crippen molar-refractivity contribution >= 4 is 185 Å². The van der Waals surface area contributed by atoms with Crippen LogP contribution in [-0.2, 0) is 0 Å². The fourth-order valence-corrected chi connectivity index (χ4v) is 283. The zero-order valence-electron chi connectivity index (χ0n) is 11.9. The lowest BCUT2D eigenvalue weighted by Crippen LogP contribution is -1.59. The summed E-state index contributed by atoms with van der Waals surface area (Å²) in [6.07, 6.45) is 0. The van der Waals surface area contributed by atoms with E-state index in [0.29, 0.717) is 0 Å². The molecule has 0 aliphatic carbocycles. The van der Waals surface area contributed by atoms with Crippen LogP contribution in [0.3, 0.4) is 0 Å². The Morgan fingerprint density at radius 1 is 0.391 bits per heavy atom. The van der Waals surface area contributed by atoms with Crippen molar-refractivity contribution in [3.8, 4) is 0 Å². The standard InChI is InChI=1S/H25P23/c1-13-19(12)22(18(10)11)23(20(14(2)3)15(4)5)21(16(6)7)17(8)9/h13H,1-12H2. The summed E-state index contributed by atoms with van der Waals surface area (Å²) in [6, 6.07) is 0. The molecule has 0 heterocycles. The highest BCUT2D eigenvalue weighted by atomic mass is 33.4. The second-order valence-corrected chi connectivity index (χ2v) is 93.1. The van der Waals surface area contributed by atoms with Crippen molar-refractivity contribution in [2.24, 2.45) is 0 Å². The van der Waals surface area contributed by atoms with Gasteiger partial charge in [-0.1, -0.05) is 7.96 Å². The third-order valence-electron chi connectivity index (χ3n) is 1.84. The van der Waals surface area contributed by atoms with E-state index < -0.39 is 0 Å². The molecule has 0 aromatic heterocycles. The minimum absolute atomic E-state index is 0.00774. The van der Waals surface area contributed by atoms with Gasteiger partial charge in [0.05, 0.1) is 0 Å². The second-order valence-electron chi connectivity index (χ2n) is 3.45. The normalized spacial score (nSPS) is 16.7. The fraction of sp³-hybridized carbons (Fsp3) is 0. The quantitative estimate of drug-likeness (QED) is 0.196. The van der Waals surface area contributed by atoms with Crippen LogP contribution in [0.25, 0.3) is 0 Å². The molecule has 0 saturated carbocycles. The van der Waals surface area contributed by atoms with Crippen LogP contribution < -0.4 is 0 Å². The van der Waals surface area contributed by atoms with Crippen molar-refractivity contribution in [3.63, 3.8) is 0 Å². The Bertz CT molecular complexity index is 261. The van der Waals surface area contributed by atoms with Crippen LogP contribution >= 0.6 is 185 Å². The van der Waals surface area contributed by atoms with E-state index >= 15 is 0 Å². The van der Waals surface area contributed by atoms with Crippen molar-refractivity contribution < 1.29 is 0 Å². The summed E-state index contributed by atoms with van der Waals surface area (Å²) in [4.78, 5) is 0. The third-order valence-corrected chi connectivity index (χ3v) is 149. The zero-order valence-corrected chi connectivity index (χ0v) is 35.7. The summed E-state index contributed by atoms with van der Waals surface area (Å²) in [5, 5.41) is 0. The molecule has 0 bridgehead atoms. The topological polar surface area (TPSA) is 0 Å². The molecule has 0 aliphatic heterocycles. The first kappa shape index (κ1) is 32.9. The molecule has 23 heteroatoms. The molecular formula is H25P23. The summed E-state index contributed by atoms with van der Waals surface area (Å²) < 4.78 is 0. The Hall–Kier alpha value is 9.89. The maximum absolute atomic E-state index is 3.29. The second kappa shape index (κ2) is 18.2. The highest BCUT2D eigenvalue weighted by Crippen LogP contribution is 3.33. The van der Waals surface area contributed by atoms with Gasteiger partial charge in [-0.25, -0.2) is 0 Å². The van der Waals surface area contributed by atoms with Crippen molar-refractivity contribution in [2.75, 3.05) is 0 Å². The largest absolute Gasteiger partial charge is 0.109 e. The molecular weight excluding hydrogens is 712 g/mol. The Labute approximate surface area is 183 Å². The van der Waals surface area contributed by atoms with Gasteiger partial charge in [0, 0.05) is 0 Å². The van der Waals surface area contributed by atoms with Crippen molar-refractivity contribution in [3.05, 3.63) is 0 Å². The van der Waals surface area contributed by atoms with Gasteiger partial charge >= 0.3 is 0 Å². The summed E-state index contributed by atoms with van der Waals surface area (Å²) in [6.45, 7) is 0.655. The Morgan fingerprint density at radius 2 is 0.652 bits per heavy atom. The number of hydrogen-bond acceptors (Lipinski definition) is 0. The summed E-state index contributed by atoms with van der Waals surface area (Å²) in [5.74, 6) is 0. The van der Waals surface area contributed by atoms with Crippen LogP contribution in [0.2, 0.25) is 0 Å². The average Bonchev–Trinajstić information content (AvgIpc) is 2.36. The molecule has 0 aromatic carbocycles.